The number of hydrogen-bond acceptors (Lipinski definition) is 5. The van der Waals surface area contributed by atoms with Crippen LogP contribution in [-0.2, 0) is 14.8 Å². The Morgan fingerprint density at radius 1 is 1.33 bits per heavy atom. The molecule has 2 heterocycles. The lowest BCUT2D eigenvalue weighted by Crippen LogP contribution is -2.50. The van der Waals surface area contributed by atoms with Gasteiger partial charge in [0.15, 0.2) is 0 Å². The summed E-state index contributed by atoms with van der Waals surface area (Å²) in [6.45, 7) is 2.05. The van der Waals surface area contributed by atoms with Gasteiger partial charge in [-0.3, -0.25) is 9.69 Å². The fourth-order valence-corrected chi connectivity index (χ4v) is 4.45. The van der Waals surface area contributed by atoms with Crippen LogP contribution in [0.2, 0.25) is 0 Å². The number of rotatable bonds is 4. The zero-order valence-electron chi connectivity index (χ0n) is 9.78. The van der Waals surface area contributed by atoms with Crippen molar-refractivity contribution in [3.05, 3.63) is 17.5 Å². The lowest BCUT2D eigenvalue weighted by Gasteiger charge is -2.32. The number of sulfonamides is 1. The van der Waals surface area contributed by atoms with Gasteiger partial charge in [0.25, 0.3) is 10.0 Å². The van der Waals surface area contributed by atoms with Crippen LogP contribution in [0.4, 0.5) is 0 Å². The maximum absolute atomic E-state index is 12.2. The molecule has 1 aliphatic heterocycles. The third-order valence-electron chi connectivity index (χ3n) is 2.80. The summed E-state index contributed by atoms with van der Waals surface area (Å²) in [5.74, 6) is -0.385. The highest BCUT2D eigenvalue weighted by Gasteiger charge is 2.29. The van der Waals surface area contributed by atoms with Crippen molar-refractivity contribution in [2.75, 3.05) is 32.7 Å². The smallest absolute Gasteiger partial charge is 0.252 e. The van der Waals surface area contributed by atoms with Crippen molar-refractivity contribution in [1.29, 1.82) is 0 Å². The number of nitrogens with zero attached hydrogens (tertiary/aromatic N) is 2. The number of carbonyl (C=O) groups is 1. The molecule has 0 aromatic carbocycles. The predicted octanol–water partition coefficient (Wildman–Crippen LogP) is -0.460. The number of nitrogens with two attached hydrogens (primary N) is 1. The van der Waals surface area contributed by atoms with E-state index >= 15 is 0 Å². The summed E-state index contributed by atoms with van der Waals surface area (Å²) in [5.41, 5.74) is 5.11. The van der Waals surface area contributed by atoms with Gasteiger partial charge in [0.1, 0.15) is 4.21 Å². The quantitative estimate of drug-likeness (QED) is 0.813. The Balaban J connectivity index is 2.00. The molecular formula is C10H15N3O3S2. The molecule has 0 atom stereocenters. The van der Waals surface area contributed by atoms with Gasteiger partial charge in [-0.1, -0.05) is 6.07 Å². The fraction of sp³-hybridized carbons (Fsp3) is 0.500. The lowest BCUT2D eigenvalue weighted by molar-refractivity contribution is -0.119. The number of hydrogen-bond donors (Lipinski definition) is 1. The monoisotopic (exact) mass is 289 g/mol. The molecule has 0 bridgehead atoms. The van der Waals surface area contributed by atoms with Crippen LogP contribution >= 0.6 is 11.3 Å². The molecule has 2 N–H and O–H groups in total. The van der Waals surface area contributed by atoms with Crippen molar-refractivity contribution in [3.63, 3.8) is 0 Å². The van der Waals surface area contributed by atoms with Crippen molar-refractivity contribution < 1.29 is 13.2 Å². The van der Waals surface area contributed by atoms with E-state index in [2.05, 4.69) is 0 Å². The maximum Gasteiger partial charge on any atom is 0.252 e. The van der Waals surface area contributed by atoms with Gasteiger partial charge in [-0.25, -0.2) is 8.42 Å². The van der Waals surface area contributed by atoms with Crippen molar-refractivity contribution in [2.24, 2.45) is 5.73 Å². The molecule has 1 aliphatic rings. The molecule has 6 nitrogen and oxygen atoms in total. The van der Waals surface area contributed by atoms with Gasteiger partial charge in [0, 0.05) is 26.2 Å². The second kappa shape index (κ2) is 5.35. The van der Waals surface area contributed by atoms with Crippen LogP contribution in [0.5, 0.6) is 0 Å². The summed E-state index contributed by atoms with van der Waals surface area (Å²) in [4.78, 5) is 12.6. The summed E-state index contributed by atoms with van der Waals surface area (Å²) in [7, 11) is -3.36. The van der Waals surface area contributed by atoms with Gasteiger partial charge in [0.2, 0.25) is 5.91 Å². The molecule has 0 aliphatic carbocycles. The summed E-state index contributed by atoms with van der Waals surface area (Å²) in [6, 6.07) is 3.33. The number of carbonyl (C=O) groups excluding carboxylic acids is 1. The highest BCUT2D eigenvalue weighted by molar-refractivity contribution is 7.91. The van der Waals surface area contributed by atoms with Crippen LogP contribution in [0, 0.1) is 0 Å². The Morgan fingerprint density at radius 2 is 2.00 bits per heavy atom. The van der Waals surface area contributed by atoms with Crippen LogP contribution in [0.25, 0.3) is 0 Å². The van der Waals surface area contributed by atoms with E-state index < -0.39 is 10.0 Å². The number of thiophene rings is 1. The SMILES string of the molecule is NC(=O)CN1CCN(S(=O)(=O)c2cccs2)CC1. The van der Waals surface area contributed by atoms with E-state index in [4.69, 9.17) is 5.73 Å². The molecule has 1 aromatic heterocycles. The van der Waals surface area contributed by atoms with Crippen LogP contribution in [-0.4, -0.2) is 56.3 Å². The van der Waals surface area contributed by atoms with Crippen LogP contribution in [0.3, 0.4) is 0 Å². The van der Waals surface area contributed by atoms with Gasteiger partial charge in [-0.15, -0.1) is 11.3 Å². The average Bonchev–Trinajstić information content (AvgIpc) is 2.83. The van der Waals surface area contributed by atoms with E-state index in [-0.39, 0.29) is 12.5 Å². The fourth-order valence-electron chi connectivity index (χ4n) is 1.89. The summed E-state index contributed by atoms with van der Waals surface area (Å²) >= 11 is 1.22. The minimum Gasteiger partial charge on any atom is -0.369 e. The Bertz CT molecular complexity index is 504. The van der Waals surface area contributed by atoms with E-state index in [0.29, 0.717) is 30.4 Å². The zero-order valence-corrected chi connectivity index (χ0v) is 11.4. The van der Waals surface area contributed by atoms with E-state index in [1.165, 1.54) is 15.6 Å². The van der Waals surface area contributed by atoms with Gasteiger partial charge in [-0.05, 0) is 11.4 Å². The molecule has 8 heteroatoms. The molecule has 0 spiro atoms. The van der Waals surface area contributed by atoms with Crippen molar-refractivity contribution in [2.45, 2.75) is 4.21 Å². The van der Waals surface area contributed by atoms with Gasteiger partial charge >= 0.3 is 0 Å². The second-order valence-corrected chi connectivity index (χ2v) is 7.19. The predicted molar refractivity (Wildman–Crippen MR) is 68.7 cm³/mol. The van der Waals surface area contributed by atoms with E-state index in [1.807, 2.05) is 4.90 Å². The highest BCUT2D eigenvalue weighted by Crippen LogP contribution is 2.21. The first kappa shape index (κ1) is 13.5. The van der Waals surface area contributed by atoms with E-state index in [0.717, 1.165) is 0 Å². The van der Waals surface area contributed by atoms with Gasteiger partial charge < -0.3 is 5.73 Å². The van der Waals surface area contributed by atoms with Crippen LogP contribution < -0.4 is 5.73 Å². The molecule has 0 saturated carbocycles. The van der Waals surface area contributed by atoms with E-state index in [1.54, 1.807) is 17.5 Å². The first-order valence-electron chi connectivity index (χ1n) is 5.54. The van der Waals surface area contributed by atoms with Crippen molar-refractivity contribution in [1.82, 2.24) is 9.21 Å². The minimum absolute atomic E-state index is 0.187. The number of amides is 1. The third kappa shape index (κ3) is 2.89. The Kier molecular flexibility index (Phi) is 4.00. The average molecular weight is 289 g/mol. The summed E-state index contributed by atoms with van der Waals surface area (Å²) in [6.07, 6.45) is 0. The molecule has 18 heavy (non-hydrogen) atoms. The molecule has 1 saturated heterocycles. The summed E-state index contributed by atoms with van der Waals surface area (Å²) in [5, 5.41) is 1.75. The Hall–Kier alpha value is -0.960. The molecule has 2 rings (SSSR count). The lowest BCUT2D eigenvalue weighted by atomic mass is 10.3. The molecule has 0 unspecified atom stereocenters. The van der Waals surface area contributed by atoms with Crippen molar-refractivity contribution >= 4 is 27.3 Å². The molecule has 100 valence electrons. The largest absolute Gasteiger partial charge is 0.369 e. The van der Waals surface area contributed by atoms with Crippen molar-refractivity contribution in [3.8, 4) is 0 Å². The Morgan fingerprint density at radius 3 is 2.50 bits per heavy atom. The van der Waals surface area contributed by atoms with Crippen LogP contribution in [0.1, 0.15) is 0 Å². The third-order valence-corrected chi connectivity index (χ3v) is 6.07. The first-order chi connectivity index (χ1) is 8.50. The van der Waals surface area contributed by atoms with Crippen LogP contribution in [0.15, 0.2) is 21.7 Å². The highest BCUT2D eigenvalue weighted by atomic mass is 32.2. The molecule has 1 aromatic rings. The summed E-state index contributed by atoms with van der Waals surface area (Å²) < 4.78 is 26.2. The van der Waals surface area contributed by atoms with E-state index in [9.17, 15) is 13.2 Å². The number of primary amides is 1. The molecule has 0 radical (unpaired) electrons. The normalized spacial score (nSPS) is 18.9. The van der Waals surface area contributed by atoms with Gasteiger partial charge in [0.05, 0.1) is 6.54 Å². The first-order valence-corrected chi connectivity index (χ1v) is 7.86. The Labute approximate surface area is 110 Å². The van der Waals surface area contributed by atoms with Gasteiger partial charge in [-0.2, -0.15) is 4.31 Å². The maximum atomic E-state index is 12.2. The topological polar surface area (TPSA) is 83.7 Å². The minimum atomic E-state index is -3.36. The molecule has 1 fully saturated rings. The second-order valence-electron chi connectivity index (χ2n) is 4.08. The zero-order chi connectivity index (χ0) is 13.2. The molecular weight excluding hydrogens is 274 g/mol. The number of piperazine rings is 1. The molecule has 1 amide bonds. The standard InChI is InChI=1S/C10H15N3O3S2/c11-9(14)8-12-3-5-13(6-4-12)18(15,16)10-2-1-7-17-10/h1-2,7H,3-6,8H2,(H2,11,14).